The first-order chi connectivity index (χ1) is 8.20. The van der Waals surface area contributed by atoms with Gasteiger partial charge in [-0.2, -0.15) is 0 Å². The molecular formula is C12H26O4P+. The Morgan fingerprint density at radius 2 is 1.47 bits per heavy atom. The molecule has 0 aromatic rings. The zero-order valence-electron chi connectivity index (χ0n) is 11.3. The van der Waals surface area contributed by atoms with Gasteiger partial charge in [0.05, 0.1) is 0 Å². The molecule has 102 valence electrons. The lowest BCUT2D eigenvalue weighted by molar-refractivity contribution is 0.108. The van der Waals surface area contributed by atoms with Crippen molar-refractivity contribution in [2.45, 2.75) is 45.6 Å². The number of ether oxygens (including phenoxy) is 2. The smallest absolute Gasteiger partial charge is 0.382 e. The molecule has 0 aliphatic carbocycles. The molecule has 0 spiro atoms. The summed E-state index contributed by atoms with van der Waals surface area (Å²) in [5.74, 6) is 0. The van der Waals surface area contributed by atoms with Crippen LogP contribution in [-0.2, 0) is 18.6 Å². The monoisotopic (exact) mass is 265 g/mol. The van der Waals surface area contributed by atoms with Gasteiger partial charge in [-0.25, -0.2) is 0 Å². The van der Waals surface area contributed by atoms with Gasteiger partial charge < -0.3 is 9.47 Å². The van der Waals surface area contributed by atoms with Crippen molar-refractivity contribution in [1.29, 1.82) is 0 Å². The van der Waals surface area contributed by atoms with Gasteiger partial charge in [0.2, 0.25) is 0 Å². The molecule has 0 aromatic carbocycles. The maximum Gasteiger partial charge on any atom is 0.505 e. The van der Waals surface area contributed by atoms with E-state index in [4.69, 9.17) is 14.0 Å². The summed E-state index contributed by atoms with van der Waals surface area (Å²) in [7, 11) is -1.52. The topological polar surface area (TPSA) is 44.8 Å². The van der Waals surface area contributed by atoms with Gasteiger partial charge in [-0.3, -0.25) is 0 Å². The summed E-state index contributed by atoms with van der Waals surface area (Å²) in [6.07, 6.45) is 3.79. The highest BCUT2D eigenvalue weighted by molar-refractivity contribution is 7.38. The van der Waals surface area contributed by atoms with Crippen LogP contribution in [-0.4, -0.2) is 39.2 Å². The van der Waals surface area contributed by atoms with Gasteiger partial charge in [0, 0.05) is 26.4 Å². The molecule has 0 heterocycles. The highest BCUT2D eigenvalue weighted by Crippen LogP contribution is 2.24. The molecule has 0 aliphatic heterocycles. The molecule has 17 heavy (non-hydrogen) atoms. The lowest BCUT2D eigenvalue weighted by atomic mass is 10.1. The van der Waals surface area contributed by atoms with Crippen molar-refractivity contribution >= 4 is 8.03 Å². The third-order valence-corrected chi connectivity index (χ3v) is 2.93. The Kier molecular flexibility index (Phi) is 12.4. The summed E-state index contributed by atoms with van der Waals surface area (Å²) in [5.41, 5.74) is 0. The van der Waals surface area contributed by atoms with Crippen molar-refractivity contribution < 1.29 is 18.6 Å². The zero-order chi connectivity index (χ0) is 12.9. The maximum atomic E-state index is 11.1. The van der Waals surface area contributed by atoms with Gasteiger partial charge in [-0.05, 0) is 44.1 Å². The van der Waals surface area contributed by atoms with Gasteiger partial charge in [0.15, 0.2) is 6.66 Å². The Bertz CT molecular complexity index is 175. The fraction of sp³-hybridized carbons (Fsp3) is 1.00. The van der Waals surface area contributed by atoms with Crippen LogP contribution in [0.1, 0.15) is 39.5 Å². The highest BCUT2D eigenvalue weighted by Gasteiger charge is 2.19. The second kappa shape index (κ2) is 12.4. The van der Waals surface area contributed by atoms with E-state index in [1.807, 2.05) is 13.8 Å². The molecule has 0 aromatic heterocycles. The Balaban J connectivity index is 3.68. The summed E-state index contributed by atoms with van der Waals surface area (Å²) in [4.78, 5) is 0. The number of rotatable bonds is 12. The molecule has 0 saturated heterocycles. The van der Waals surface area contributed by atoms with Crippen LogP contribution in [0.2, 0.25) is 0 Å². The molecule has 0 saturated carbocycles. The van der Waals surface area contributed by atoms with Crippen LogP contribution < -0.4 is 0 Å². The van der Waals surface area contributed by atoms with Gasteiger partial charge >= 0.3 is 8.03 Å². The van der Waals surface area contributed by atoms with Crippen LogP contribution in [0.15, 0.2) is 0 Å². The third-order valence-electron chi connectivity index (χ3n) is 2.34. The Hall–Kier alpha value is -0.0200. The molecular weight excluding hydrogens is 239 g/mol. The van der Waals surface area contributed by atoms with E-state index in [0.29, 0.717) is 0 Å². The fourth-order valence-electron chi connectivity index (χ4n) is 1.57. The Morgan fingerprint density at radius 3 is 1.82 bits per heavy atom. The van der Waals surface area contributed by atoms with Gasteiger partial charge in [0.25, 0.3) is 0 Å². The second-order valence-corrected chi connectivity index (χ2v) is 4.94. The molecule has 1 atom stereocenters. The van der Waals surface area contributed by atoms with Gasteiger partial charge in [-0.15, -0.1) is 4.52 Å². The molecule has 0 bridgehead atoms. The number of hydrogen-bond acceptors (Lipinski definition) is 4. The van der Waals surface area contributed by atoms with E-state index in [1.165, 1.54) is 0 Å². The minimum absolute atomic E-state index is 0.0736. The largest absolute Gasteiger partial charge is 0.505 e. The van der Waals surface area contributed by atoms with E-state index in [0.717, 1.165) is 52.1 Å². The molecule has 0 amide bonds. The first-order valence-electron chi connectivity index (χ1n) is 6.43. The van der Waals surface area contributed by atoms with Crippen LogP contribution in [0.25, 0.3) is 0 Å². The van der Waals surface area contributed by atoms with E-state index in [1.54, 1.807) is 6.66 Å². The first kappa shape index (κ1) is 17.0. The van der Waals surface area contributed by atoms with Crippen molar-refractivity contribution in [1.82, 2.24) is 0 Å². The first-order valence-corrected chi connectivity index (χ1v) is 8.06. The van der Waals surface area contributed by atoms with Crippen LogP contribution in [0.3, 0.4) is 0 Å². The molecule has 0 rings (SSSR count). The SMILES string of the molecule is CCOCCCC(CCCOCC)O[P+](C)=O. The van der Waals surface area contributed by atoms with Crippen molar-refractivity contribution in [3.05, 3.63) is 0 Å². The van der Waals surface area contributed by atoms with E-state index in [9.17, 15) is 4.57 Å². The molecule has 0 aliphatic rings. The van der Waals surface area contributed by atoms with Crippen LogP contribution >= 0.6 is 8.03 Å². The van der Waals surface area contributed by atoms with Crippen molar-refractivity contribution in [3.63, 3.8) is 0 Å². The molecule has 4 nitrogen and oxygen atoms in total. The normalized spacial score (nSPS) is 12.1. The predicted octanol–water partition coefficient (Wildman–Crippen LogP) is 3.38. The highest BCUT2D eigenvalue weighted by atomic mass is 31.1. The van der Waals surface area contributed by atoms with Crippen molar-refractivity contribution in [2.24, 2.45) is 0 Å². The molecule has 5 heteroatoms. The maximum absolute atomic E-state index is 11.1. The summed E-state index contributed by atoms with van der Waals surface area (Å²) in [5, 5.41) is 0. The minimum Gasteiger partial charge on any atom is -0.382 e. The summed E-state index contributed by atoms with van der Waals surface area (Å²) < 4.78 is 27.1. The minimum atomic E-state index is -1.52. The Labute approximate surface area is 106 Å². The van der Waals surface area contributed by atoms with Gasteiger partial charge in [0.1, 0.15) is 6.10 Å². The van der Waals surface area contributed by atoms with Crippen LogP contribution in [0.4, 0.5) is 0 Å². The standard InChI is InChI=1S/C12H26O4P/c1-4-14-10-6-8-12(16-17(3)13)9-7-11-15-5-2/h12H,4-11H2,1-3H3/q+1. The summed E-state index contributed by atoms with van der Waals surface area (Å²) >= 11 is 0. The summed E-state index contributed by atoms with van der Waals surface area (Å²) in [6.45, 7) is 8.58. The lowest BCUT2D eigenvalue weighted by Crippen LogP contribution is -2.12. The second-order valence-electron chi connectivity index (χ2n) is 3.85. The molecule has 0 fully saturated rings. The zero-order valence-corrected chi connectivity index (χ0v) is 12.2. The molecule has 0 radical (unpaired) electrons. The molecule has 1 unspecified atom stereocenters. The van der Waals surface area contributed by atoms with E-state index in [-0.39, 0.29) is 6.10 Å². The summed E-state index contributed by atoms with van der Waals surface area (Å²) in [6, 6.07) is 0. The van der Waals surface area contributed by atoms with Crippen molar-refractivity contribution in [2.75, 3.05) is 33.1 Å². The quantitative estimate of drug-likeness (QED) is 0.401. The lowest BCUT2D eigenvalue weighted by Gasteiger charge is -2.10. The van der Waals surface area contributed by atoms with Crippen LogP contribution in [0.5, 0.6) is 0 Å². The average Bonchev–Trinajstić information content (AvgIpc) is 2.29. The molecule has 0 N–H and O–H groups in total. The third kappa shape index (κ3) is 12.2. The van der Waals surface area contributed by atoms with E-state index < -0.39 is 8.03 Å². The fourth-order valence-corrected chi connectivity index (χ4v) is 2.21. The van der Waals surface area contributed by atoms with E-state index in [2.05, 4.69) is 0 Å². The van der Waals surface area contributed by atoms with Gasteiger partial charge in [-0.1, -0.05) is 0 Å². The average molecular weight is 265 g/mol. The Morgan fingerprint density at radius 1 is 1.00 bits per heavy atom. The van der Waals surface area contributed by atoms with Crippen LogP contribution in [0, 0.1) is 0 Å². The number of hydrogen-bond donors (Lipinski definition) is 0. The predicted molar refractivity (Wildman–Crippen MR) is 69.9 cm³/mol. The van der Waals surface area contributed by atoms with E-state index >= 15 is 0 Å². The van der Waals surface area contributed by atoms with Crippen molar-refractivity contribution in [3.8, 4) is 0 Å².